The van der Waals surface area contributed by atoms with Crippen LogP contribution in [0.3, 0.4) is 0 Å². The van der Waals surface area contributed by atoms with Crippen molar-refractivity contribution in [3.63, 3.8) is 0 Å². The molecule has 0 atom stereocenters. The molecule has 0 aliphatic rings. The summed E-state index contributed by atoms with van der Waals surface area (Å²) in [5, 5.41) is 8.11. The van der Waals surface area contributed by atoms with E-state index in [0.29, 0.717) is 5.69 Å². The lowest BCUT2D eigenvalue weighted by Crippen LogP contribution is -2.17. The van der Waals surface area contributed by atoms with Crippen LogP contribution in [0.5, 0.6) is 0 Å². The van der Waals surface area contributed by atoms with Crippen LogP contribution in [0.15, 0.2) is 18.5 Å². The van der Waals surface area contributed by atoms with Gasteiger partial charge in [0.15, 0.2) is 0 Å². The molecular weight excluding hydrogens is 192 g/mol. The van der Waals surface area contributed by atoms with Crippen molar-refractivity contribution >= 4 is 5.91 Å². The minimum absolute atomic E-state index is 0.152. The molecule has 15 heavy (non-hydrogen) atoms. The molecule has 0 aliphatic heterocycles. The fourth-order valence-electron chi connectivity index (χ4n) is 1.56. The highest BCUT2D eigenvalue weighted by molar-refractivity contribution is 5.95. The van der Waals surface area contributed by atoms with Crippen LogP contribution in [0.25, 0.3) is 0 Å². The average Bonchev–Trinajstić information content (AvgIpc) is 2.76. The number of rotatable bonds is 1. The molecule has 0 aliphatic carbocycles. The third-order valence-electron chi connectivity index (χ3n) is 2.44. The molecule has 0 bridgehead atoms. The van der Waals surface area contributed by atoms with Crippen LogP contribution in [0.2, 0.25) is 0 Å². The van der Waals surface area contributed by atoms with Gasteiger partial charge in [0.1, 0.15) is 5.69 Å². The second kappa shape index (κ2) is 3.34. The van der Waals surface area contributed by atoms with Crippen molar-refractivity contribution in [3.8, 4) is 0 Å². The van der Waals surface area contributed by atoms with Gasteiger partial charge in [-0.05, 0) is 19.9 Å². The minimum atomic E-state index is -0.152. The van der Waals surface area contributed by atoms with E-state index in [0.717, 1.165) is 11.3 Å². The SMILES string of the molecule is Cc1nn(C)c(C(=O)n2cccn2)c1C. The predicted octanol–water partition coefficient (Wildman–Crippen LogP) is 0.922. The molecule has 0 N–H and O–H groups in total. The number of aryl methyl sites for hydroxylation is 2. The molecule has 0 aromatic carbocycles. The normalized spacial score (nSPS) is 10.6. The van der Waals surface area contributed by atoms with Crippen molar-refractivity contribution in [3.05, 3.63) is 35.4 Å². The van der Waals surface area contributed by atoms with Crippen LogP contribution in [0.4, 0.5) is 0 Å². The number of aromatic nitrogens is 4. The van der Waals surface area contributed by atoms with E-state index >= 15 is 0 Å². The number of hydrogen-bond donors (Lipinski definition) is 0. The van der Waals surface area contributed by atoms with Crippen molar-refractivity contribution < 1.29 is 4.79 Å². The molecule has 78 valence electrons. The van der Waals surface area contributed by atoms with Gasteiger partial charge in [-0.3, -0.25) is 9.48 Å². The quantitative estimate of drug-likeness (QED) is 0.694. The Bertz CT molecular complexity index is 496. The van der Waals surface area contributed by atoms with E-state index in [1.165, 1.54) is 4.68 Å². The summed E-state index contributed by atoms with van der Waals surface area (Å²) >= 11 is 0. The van der Waals surface area contributed by atoms with Gasteiger partial charge in [0.05, 0.1) is 5.69 Å². The number of hydrogen-bond acceptors (Lipinski definition) is 3. The van der Waals surface area contributed by atoms with Gasteiger partial charge in [0, 0.05) is 25.0 Å². The topological polar surface area (TPSA) is 52.7 Å². The van der Waals surface area contributed by atoms with Gasteiger partial charge in [-0.25, -0.2) is 4.68 Å². The van der Waals surface area contributed by atoms with E-state index in [2.05, 4.69) is 10.2 Å². The van der Waals surface area contributed by atoms with E-state index in [-0.39, 0.29) is 5.91 Å². The van der Waals surface area contributed by atoms with Crippen molar-refractivity contribution in [1.29, 1.82) is 0 Å². The Morgan fingerprint density at radius 3 is 2.60 bits per heavy atom. The highest BCUT2D eigenvalue weighted by atomic mass is 16.2. The van der Waals surface area contributed by atoms with Crippen molar-refractivity contribution in [2.45, 2.75) is 13.8 Å². The van der Waals surface area contributed by atoms with Crippen LogP contribution < -0.4 is 0 Å². The van der Waals surface area contributed by atoms with Crippen molar-refractivity contribution in [2.75, 3.05) is 0 Å². The molecular formula is C10H12N4O. The van der Waals surface area contributed by atoms with Gasteiger partial charge in [0.25, 0.3) is 5.91 Å². The zero-order chi connectivity index (χ0) is 11.0. The Balaban J connectivity index is 2.51. The summed E-state index contributed by atoms with van der Waals surface area (Å²) in [4.78, 5) is 12.0. The Morgan fingerprint density at radius 1 is 1.40 bits per heavy atom. The van der Waals surface area contributed by atoms with Crippen LogP contribution in [0.1, 0.15) is 21.7 Å². The number of carbonyl (C=O) groups is 1. The lowest BCUT2D eigenvalue weighted by Gasteiger charge is -2.01. The van der Waals surface area contributed by atoms with E-state index in [1.54, 1.807) is 30.2 Å². The second-order valence-electron chi connectivity index (χ2n) is 3.44. The molecule has 5 nitrogen and oxygen atoms in total. The zero-order valence-corrected chi connectivity index (χ0v) is 8.93. The largest absolute Gasteiger partial charge is 0.296 e. The molecule has 0 saturated carbocycles. The smallest absolute Gasteiger partial charge is 0.265 e. The summed E-state index contributed by atoms with van der Waals surface area (Å²) in [7, 11) is 1.76. The molecule has 0 spiro atoms. The lowest BCUT2D eigenvalue weighted by atomic mass is 10.2. The van der Waals surface area contributed by atoms with Gasteiger partial charge >= 0.3 is 0 Å². The Kier molecular flexibility index (Phi) is 2.15. The molecule has 0 unspecified atom stereocenters. The highest BCUT2D eigenvalue weighted by Crippen LogP contribution is 2.12. The Hall–Kier alpha value is -1.91. The molecule has 2 heterocycles. The first kappa shape index (κ1) is 9.64. The van der Waals surface area contributed by atoms with Gasteiger partial charge in [0.2, 0.25) is 0 Å². The summed E-state index contributed by atoms with van der Waals surface area (Å²) in [5.41, 5.74) is 2.35. The Morgan fingerprint density at radius 2 is 2.13 bits per heavy atom. The number of carbonyl (C=O) groups excluding carboxylic acids is 1. The summed E-state index contributed by atoms with van der Waals surface area (Å²) in [5.74, 6) is -0.152. The monoisotopic (exact) mass is 204 g/mol. The van der Waals surface area contributed by atoms with Crippen molar-refractivity contribution in [1.82, 2.24) is 19.6 Å². The van der Waals surface area contributed by atoms with Gasteiger partial charge < -0.3 is 0 Å². The zero-order valence-electron chi connectivity index (χ0n) is 8.93. The average molecular weight is 204 g/mol. The van der Waals surface area contributed by atoms with E-state index < -0.39 is 0 Å². The Labute approximate surface area is 87.3 Å². The summed E-state index contributed by atoms with van der Waals surface area (Å²) in [6, 6.07) is 1.72. The minimum Gasteiger partial charge on any atom is -0.265 e. The lowest BCUT2D eigenvalue weighted by molar-refractivity contribution is 0.0935. The van der Waals surface area contributed by atoms with Crippen LogP contribution in [-0.4, -0.2) is 25.5 Å². The maximum Gasteiger partial charge on any atom is 0.296 e. The first-order valence-corrected chi connectivity index (χ1v) is 4.66. The highest BCUT2D eigenvalue weighted by Gasteiger charge is 2.18. The van der Waals surface area contributed by atoms with Crippen LogP contribution >= 0.6 is 0 Å². The third-order valence-corrected chi connectivity index (χ3v) is 2.44. The predicted molar refractivity (Wildman–Crippen MR) is 54.6 cm³/mol. The van der Waals surface area contributed by atoms with E-state index in [9.17, 15) is 4.79 Å². The molecule has 2 aromatic rings. The fraction of sp³-hybridized carbons (Fsp3) is 0.300. The number of nitrogens with zero attached hydrogens (tertiary/aromatic N) is 4. The molecule has 0 radical (unpaired) electrons. The molecule has 0 amide bonds. The summed E-state index contributed by atoms with van der Waals surface area (Å²) in [6.45, 7) is 3.77. The van der Waals surface area contributed by atoms with E-state index in [4.69, 9.17) is 0 Å². The molecule has 2 aromatic heterocycles. The molecule has 2 rings (SSSR count). The molecule has 0 saturated heterocycles. The maximum atomic E-state index is 12.0. The first-order chi connectivity index (χ1) is 7.11. The van der Waals surface area contributed by atoms with E-state index in [1.807, 2.05) is 13.8 Å². The molecule has 0 fully saturated rings. The van der Waals surface area contributed by atoms with Gasteiger partial charge in [-0.2, -0.15) is 10.2 Å². The van der Waals surface area contributed by atoms with Crippen LogP contribution in [0, 0.1) is 13.8 Å². The van der Waals surface area contributed by atoms with Crippen LogP contribution in [-0.2, 0) is 7.05 Å². The van der Waals surface area contributed by atoms with Crippen molar-refractivity contribution in [2.24, 2.45) is 7.05 Å². The molecule has 5 heteroatoms. The summed E-state index contributed by atoms with van der Waals surface area (Å²) in [6.07, 6.45) is 3.21. The first-order valence-electron chi connectivity index (χ1n) is 4.66. The van der Waals surface area contributed by atoms with Gasteiger partial charge in [-0.1, -0.05) is 0 Å². The standard InChI is InChI=1S/C10H12N4O/c1-7-8(2)12-13(3)9(7)10(15)14-6-4-5-11-14/h4-6H,1-3H3. The third kappa shape index (κ3) is 1.45. The summed E-state index contributed by atoms with van der Waals surface area (Å²) < 4.78 is 2.90. The maximum absolute atomic E-state index is 12.0. The van der Waals surface area contributed by atoms with Gasteiger partial charge in [-0.15, -0.1) is 0 Å². The fourth-order valence-corrected chi connectivity index (χ4v) is 1.56. The second-order valence-corrected chi connectivity index (χ2v) is 3.44.